The van der Waals surface area contributed by atoms with Gasteiger partial charge in [-0.05, 0) is 0 Å². The van der Waals surface area contributed by atoms with Crippen LogP contribution in [0.25, 0.3) is 0 Å². The van der Waals surface area contributed by atoms with Gasteiger partial charge in [0.2, 0.25) is 0 Å². The maximum Gasteiger partial charge on any atom is 0.307 e. The van der Waals surface area contributed by atoms with Crippen molar-refractivity contribution in [3.05, 3.63) is 12.8 Å². The number of methoxy groups -OCH3 is 1. The van der Waals surface area contributed by atoms with Crippen molar-refractivity contribution in [2.24, 2.45) is 0 Å². The van der Waals surface area contributed by atoms with Crippen LogP contribution in [-0.4, -0.2) is 139 Å². The average molecular weight is 527 g/mol. The van der Waals surface area contributed by atoms with E-state index >= 15 is 0 Å². The van der Waals surface area contributed by atoms with Crippen LogP contribution in [0.5, 0.6) is 0 Å². The lowest BCUT2D eigenvalue weighted by molar-refractivity contribution is -0.141. The molecule has 0 bridgehead atoms. The summed E-state index contributed by atoms with van der Waals surface area (Å²) in [6, 6.07) is 0. The second-order valence-corrected chi connectivity index (χ2v) is 6.87. The molecular weight excluding hydrogens is 480 g/mol. The molecule has 0 aliphatic heterocycles. The number of ether oxygens (including phenoxy) is 11. The highest BCUT2D eigenvalue weighted by Gasteiger charge is 1.99. The van der Waals surface area contributed by atoms with Gasteiger partial charge in [0.15, 0.2) is 0 Å². The van der Waals surface area contributed by atoms with E-state index in [0.29, 0.717) is 126 Å². The van der Waals surface area contributed by atoms with E-state index < -0.39 is 0 Å². The van der Waals surface area contributed by atoms with Gasteiger partial charge in [-0.2, -0.15) is 0 Å². The molecule has 0 aliphatic rings. The van der Waals surface area contributed by atoms with Crippen LogP contribution in [0, 0.1) is 0 Å². The van der Waals surface area contributed by atoms with Gasteiger partial charge in [-0.15, -0.1) is 0 Å². The topological polar surface area (TPSA) is 119 Å². The van der Waals surface area contributed by atoms with Gasteiger partial charge in [-0.1, -0.05) is 6.58 Å². The second kappa shape index (κ2) is 31.7. The third kappa shape index (κ3) is 30.7. The molecule has 0 saturated carbocycles. The number of carbonyl (C=O) groups excluding carboxylic acids is 1. The normalized spacial score (nSPS) is 11.0. The quantitative estimate of drug-likeness (QED) is 0.0724. The van der Waals surface area contributed by atoms with E-state index in [4.69, 9.17) is 47.4 Å². The molecule has 0 aromatic rings. The van der Waals surface area contributed by atoms with Crippen LogP contribution in [0.2, 0.25) is 0 Å². The van der Waals surface area contributed by atoms with Crippen LogP contribution >= 0.6 is 0 Å². The van der Waals surface area contributed by atoms with Gasteiger partial charge in [0, 0.05) is 0 Å². The lowest BCUT2D eigenvalue weighted by Gasteiger charge is -2.09. The van der Waals surface area contributed by atoms with Gasteiger partial charge in [0.05, 0.1) is 139 Å². The molecule has 36 heavy (non-hydrogen) atoms. The molecule has 0 spiro atoms. The minimum atomic E-state index is -0.284. The van der Waals surface area contributed by atoms with E-state index in [9.17, 15) is 4.79 Å². The van der Waals surface area contributed by atoms with Gasteiger partial charge in [0.25, 0.3) is 0 Å². The molecule has 0 amide bonds. The summed E-state index contributed by atoms with van der Waals surface area (Å²) in [5.41, 5.74) is 0. The van der Waals surface area contributed by atoms with E-state index in [2.05, 4.69) is 11.3 Å². The second-order valence-electron chi connectivity index (χ2n) is 6.87. The maximum absolute atomic E-state index is 10.9. The Bertz CT molecular complexity index is 453. The Morgan fingerprint density at radius 1 is 0.472 bits per heavy atom. The fraction of sp³-hybridized carbons (Fsp3) is 0.875. The fourth-order valence-electron chi connectivity index (χ4n) is 2.31. The van der Waals surface area contributed by atoms with Crippen molar-refractivity contribution in [3.8, 4) is 0 Å². The third-order valence-electron chi connectivity index (χ3n) is 4.12. The lowest BCUT2D eigenvalue weighted by Crippen LogP contribution is -2.15. The van der Waals surface area contributed by atoms with Crippen LogP contribution in [0.1, 0.15) is 6.42 Å². The summed E-state index contributed by atoms with van der Waals surface area (Å²) in [4.78, 5) is 10.9. The standard InChI is InChI=1S/C24H46O12/c1-3-27-6-7-29-10-11-31-14-15-33-18-19-35-22-23-36-21-20-34-17-16-32-13-12-30-9-8-28-5-4-24(25)26-2/h3H,1,4-23H2,2H3. The summed E-state index contributed by atoms with van der Waals surface area (Å²) < 4.78 is 57.8. The Morgan fingerprint density at radius 2 is 0.722 bits per heavy atom. The minimum absolute atomic E-state index is 0.247. The van der Waals surface area contributed by atoms with Crippen LogP contribution in [0.4, 0.5) is 0 Å². The van der Waals surface area contributed by atoms with Gasteiger partial charge in [-0.25, -0.2) is 0 Å². The van der Waals surface area contributed by atoms with Crippen molar-refractivity contribution in [1.82, 2.24) is 0 Å². The lowest BCUT2D eigenvalue weighted by atomic mass is 10.5. The molecule has 0 atom stereocenters. The zero-order chi connectivity index (χ0) is 26.2. The van der Waals surface area contributed by atoms with E-state index in [1.54, 1.807) is 0 Å². The molecule has 0 aromatic heterocycles. The largest absolute Gasteiger partial charge is 0.499 e. The molecule has 12 heteroatoms. The van der Waals surface area contributed by atoms with Crippen LogP contribution < -0.4 is 0 Å². The van der Waals surface area contributed by atoms with Gasteiger partial charge in [0.1, 0.15) is 6.61 Å². The van der Waals surface area contributed by atoms with Crippen molar-refractivity contribution in [1.29, 1.82) is 0 Å². The van der Waals surface area contributed by atoms with Crippen molar-refractivity contribution in [2.75, 3.05) is 133 Å². The molecule has 214 valence electrons. The molecule has 0 aliphatic carbocycles. The van der Waals surface area contributed by atoms with Crippen LogP contribution in [0.3, 0.4) is 0 Å². The zero-order valence-corrected chi connectivity index (χ0v) is 21.8. The molecular formula is C24H46O12. The molecule has 0 heterocycles. The Labute approximate surface area is 215 Å². The van der Waals surface area contributed by atoms with Gasteiger partial charge >= 0.3 is 5.97 Å². The molecule has 0 unspecified atom stereocenters. The highest BCUT2D eigenvalue weighted by atomic mass is 16.6. The zero-order valence-electron chi connectivity index (χ0n) is 21.8. The van der Waals surface area contributed by atoms with E-state index in [1.165, 1.54) is 13.4 Å². The highest BCUT2D eigenvalue weighted by molar-refractivity contribution is 5.69. The van der Waals surface area contributed by atoms with Gasteiger partial charge in [-0.3, -0.25) is 4.79 Å². The first kappa shape index (κ1) is 34.6. The number of hydrogen-bond acceptors (Lipinski definition) is 12. The predicted octanol–water partition coefficient (Wildman–Crippen LogP) is 0.859. The Balaban J connectivity index is 3.03. The van der Waals surface area contributed by atoms with Crippen LogP contribution in [-0.2, 0) is 56.9 Å². The number of esters is 1. The molecule has 0 radical (unpaired) electrons. The molecule has 0 aromatic carbocycles. The Kier molecular flexibility index (Phi) is 30.5. The summed E-state index contributed by atoms with van der Waals surface area (Å²) in [5.74, 6) is -0.284. The number of hydrogen-bond donors (Lipinski definition) is 0. The van der Waals surface area contributed by atoms with E-state index in [-0.39, 0.29) is 12.4 Å². The molecule has 12 nitrogen and oxygen atoms in total. The first-order valence-electron chi connectivity index (χ1n) is 12.3. The summed E-state index contributed by atoms with van der Waals surface area (Å²) in [7, 11) is 1.35. The van der Waals surface area contributed by atoms with Crippen molar-refractivity contribution >= 4 is 5.97 Å². The number of carbonyl (C=O) groups is 1. The molecule has 0 rings (SSSR count). The number of rotatable bonds is 31. The van der Waals surface area contributed by atoms with Crippen molar-refractivity contribution in [2.45, 2.75) is 6.42 Å². The van der Waals surface area contributed by atoms with E-state index in [0.717, 1.165) is 0 Å². The Hall–Kier alpha value is -1.35. The Morgan fingerprint density at radius 3 is 0.972 bits per heavy atom. The van der Waals surface area contributed by atoms with Crippen LogP contribution in [0.15, 0.2) is 12.8 Å². The van der Waals surface area contributed by atoms with Crippen molar-refractivity contribution in [3.63, 3.8) is 0 Å². The van der Waals surface area contributed by atoms with Crippen molar-refractivity contribution < 1.29 is 56.9 Å². The minimum Gasteiger partial charge on any atom is -0.499 e. The molecule has 0 fully saturated rings. The summed E-state index contributed by atoms with van der Waals surface area (Å²) in [6.45, 7) is 12.8. The SMILES string of the molecule is C=COCCOCCOCCOCCOCCOCCOCCOCCOCCOCCC(=O)OC. The first-order valence-corrected chi connectivity index (χ1v) is 12.3. The van der Waals surface area contributed by atoms with Gasteiger partial charge < -0.3 is 52.1 Å². The highest BCUT2D eigenvalue weighted by Crippen LogP contribution is 1.88. The predicted molar refractivity (Wildman–Crippen MR) is 130 cm³/mol. The average Bonchev–Trinajstić information content (AvgIpc) is 2.89. The smallest absolute Gasteiger partial charge is 0.307 e. The van der Waals surface area contributed by atoms with E-state index in [1.807, 2.05) is 0 Å². The third-order valence-corrected chi connectivity index (χ3v) is 4.12. The molecule has 0 N–H and O–H groups in total. The molecule has 0 saturated heterocycles. The maximum atomic E-state index is 10.9. The summed E-state index contributed by atoms with van der Waals surface area (Å²) >= 11 is 0. The monoisotopic (exact) mass is 526 g/mol. The first-order chi connectivity index (χ1) is 17.8. The summed E-state index contributed by atoms with van der Waals surface area (Å²) in [6.07, 6.45) is 1.64. The fourth-order valence-corrected chi connectivity index (χ4v) is 2.31. The summed E-state index contributed by atoms with van der Waals surface area (Å²) in [5, 5.41) is 0.